The standard InChI is InChI=1S/C16H18N2O4/c1-16(2,3)22-15(20)18-13-8-6-10-9-11(14(19)21-4)5-7-12(10)17-13/h5-9H,1-4H3,(H,17,18,20). The summed E-state index contributed by atoms with van der Waals surface area (Å²) in [7, 11) is 1.33. The molecular weight excluding hydrogens is 284 g/mol. The van der Waals surface area contributed by atoms with Crippen LogP contribution in [0.3, 0.4) is 0 Å². The summed E-state index contributed by atoms with van der Waals surface area (Å²) < 4.78 is 9.84. The monoisotopic (exact) mass is 302 g/mol. The van der Waals surface area contributed by atoms with Crippen LogP contribution in [0.5, 0.6) is 0 Å². The van der Waals surface area contributed by atoms with Crippen LogP contribution in [0.4, 0.5) is 10.6 Å². The van der Waals surface area contributed by atoms with Gasteiger partial charge in [-0.1, -0.05) is 0 Å². The summed E-state index contributed by atoms with van der Waals surface area (Å²) in [4.78, 5) is 27.5. The summed E-state index contributed by atoms with van der Waals surface area (Å²) in [5.41, 5.74) is 0.530. The lowest BCUT2D eigenvalue weighted by Crippen LogP contribution is -2.27. The highest BCUT2D eigenvalue weighted by molar-refractivity contribution is 5.95. The van der Waals surface area contributed by atoms with Gasteiger partial charge in [-0.2, -0.15) is 0 Å². The molecule has 1 heterocycles. The van der Waals surface area contributed by atoms with Crippen LogP contribution in [0.1, 0.15) is 31.1 Å². The summed E-state index contributed by atoms with van der Waals surface area (Å²) in [6, 6.07) is 8.42. The lowest BCUT2D eigenvalue weighted by atomic mass is 10.1. The molecular formula is C16H18N2O4. The number of pyridine rings is 1. The molecule has 1 N–H and O–H groups in total. The summed E-state index contributed by atoms with van der Waals surface area (Å²) in [5, 5.41) is 3.35. The number of hydrogen-bond donors (Lipinski definition) is 1. The summed E-state index contributed by atoms with van der Waals surface area (Å²) in [5.74, 6) is -0.0228. The Kier molecular flexibility index (Phi) is 4.30. The van der Waals surface area contributed by atoms with Gasteiger partial charge in [0, 0.05) is 5.39 Å². The average molecular weight is 302 g/mol. The molecule has 1 aromatic heterocycles. The van der Waals surface area contributed by atoms with E-state index in [9.17, 15) is 9.59 Å². The second-order valence-electron chi connectivity index (χ2n) is 5.72. The summed E-state index contributed by atoms with van der Waals surface area (Å²) in [6.45, 7) is 5.36. The van der Waals surface area contributed by atoms with Crippen molar-refractivity contribution in [1.29, 1.82) is 0 Å². The van der Waals surface area contributed by atoms with E-state index in [1.54, 1.807) is 51.1 Å². The molecule has 6 heteroatoms. The van der Waals surface area contributed by atoms with Crippen LogP contribution in [0.2, 0.25) is 0 Å². The van der Waals surface area contributed by atoms with E-state index >= 15 is 0 Å². The van der Waals surface area contributed by atoms with Crippen molar-refractivity contribution in [3.05, 3.63) is 35.9 Å². The van der Waals surface area contributed by atoms with Gasteiger partial charge in [0.05, 0.1) is 18.2 Å². The van der Waals surface area contributed by atoms with Crippen molar-refractivity contribution >= 4 is 28.8 Å². The highest BCUT2D eigenvalue weighted by Crippen LogP contribution is 2.18. The minimum absolute atomic E-state index is 0.382. The SMILES string of the molecule is COC(=O)c1ccc2nc(NC(=O)OC(C)(C)C)ccc2c1. The molecule has 0 radical (unpaired) electrons. The van der Waals surface area contributed by atoms with Gasteiger partial charge in [-0.05, 0) is 51.1 Å². The van der Waals surface area contributed by atoms with E-state index in [0.29, 0.717) is 16.9 Å². The number of fused-ring (bicyclic) bond motifs is 1. The van der Waals surface area contributed by atoms with Gasteiger partial charge in [0.2, 0.25) is 0 Å². The first kappa shape index (κ1) is 15.8. The van der Waals surface area contributed by atoms with Gasteiger partial charge < -0.3 is 9.47 Å². The number of anilines is 1. The molecule has 0 aliphatic rings. The number of methoxy groups -OCH3 is 1. The first-order valence-electron chi connectivity index (χ1n) is 6.77. The maximum absolute atomic E-state index is 11.7. The number of carbonyl (C=O) groups excluding carboxylic acids is 2. The molecule has 1 amide bonds. The first-order valence-corrected chi connectivity index (χ1v) is 6.77. The third-order valence-electron chi connectivity index (χ3n) is 2.74. The zero-order valence-electron chi connectivity index (χ0n) is 13.0. The molecule has 2 aromatic rings. The van der Waals surface area contributed by atoms with Crippen LogP contribution in [0.15, 0.2) is 30.3 Å². The number of benzene rings is 1. The molecule has 0 fully saturated rings. The summed E-state index contributed by atoms with van der Waals surface area (Å²) in [6.07, 6.45) is -0.564. The lowest BCUT2D eigenvalue weighted by molar-refractivity contribution is 0.0598. The number of carbonyl (C=O) groups is 2. The Morgan fingerprint density at radius 2 is 1.86 bits per heavy atom. The molecule has 0 aliphatic carbocycles. The van der Waals surface area contributed by atoms with Gasteiger partial charge in [0.15, 0.2) is 0 Å². The number of nitrogens with one attached hydrogen (secondary N) is 1. The van der Waals surface area contributed by atoms with Crippen molar-refractivity contribution in [2.24, 2.45) is 0 Å². The van der Waals surface area contributed by atoms with Gasteiger partial charge in [-0.25, -0.2) is 14.6 Å². The number of aromatic nitrogens is 1. The van der Waals surface area contributed by atoms with Crippen molar-refractivity contribution in [3.8, 4) is 0 Å². The van der Waals surface area contributed by atoms with E-state index < -0.39 is 17.7 Å². The number of ether oxygens (including phenoxy) is 2. The zero-order chi connectivity index (χ0) is 16.3. The molecule has 6 nitrogen and oxygen atoms in total. The van der Waals surface area contributed by atoms with Crippen LogP contribution >= 0.6 is 0 Å². The fraction of sp³-hybridized carbons (Fsp3) is 0.312. The maximum atomic E-state index is 11.7. The smallest absolute Gasteiger partial charge is 0.413 e. The van der Waals surface area contributed by atoms with Crippen LogP contribution < -0.4 is 5.32 Å². The molecule has 0 saturated heterocycles. The van der Waals surface area contributed by atoms with E-state index in [-0.39, 0.29) is 0 Å². The van der Waals surface area contributed by atoms with Crippen molar-refractivity contribution in [1.82, 2.24) is 4.98 Å². The van der Waals surface area contributed by atoms with Crippen LogP contribution in [-0.4, -0.2) is 29.8 Å². The maximum Gasteiger partial charge on any atom is 0.413 e. The predicted octanol–water partition coefficient (Wildman–Crippen LogP) is 3.37. The molecule has 2 rings (SSSR count). The Bertz CT molecular complexity index is 720. The Balaban J connectivity index is 2.21. The fourth-order valence-corrected chi connectivity index (χ4v) is 1.85. The predicted molar refractivity (Wildman–Crippen MR) is 82.9 cm³/mol. The highest BCUT2D eigenvalue weighted by Gasteiger charge is 2.16. The molecule has 116 valence electrons. The zero-order valence-corrected chi connectivity index (χ0v) is 13.0. The third kappa shape index (κ3) is 3.94. The number of nitrogens with zero attached hydrogens (tertiary/aromatic N) is 1. The van der Waals surface area contributed by atoms with Gasteiger partial charge >= 0.3 is 12.1 Å². The van der Waals surface area contributed by atoms with Crippen molar-refractivity contribution in [2.45, 2.75) is 26.4 Å². The number of amides is 1. The van der Waals surface area contributed by atoms with Crippen molar-refractivity contribution in [2.75, 3.05) is 12.4 Å². The van der Waals surface area contributed by atoms with Crippen molar-refractivity contribution in [3.63, 3.8) is 0 Å². The summed E-state index contributed by atoms with van der Waals surface area (Å²) >= 11 is 0. The van der Waals surface area contributed by atoms with E-state index in [1.165, 1.54) is 7.11 Å². The average Bonchev–Trinajstić information content (AvgIpc) is 2.43. The molecule has 22 heavy (non-hydrogen) atoms. The highest BCUT2D eigenvalue weighted by atomic mass is 16.6. The minimum Gasteiger partial charge on any atom is -0.465 e. The lowest BCUT2D eigenvalue weighted by Gasteiger charge is -2.19. The van der Waals surface area contributed by atoms with Gasteiger partial charge in [-0.3, -0.25) is 5.32 Å². The Morgan fingerprint density at radius 1 is 1.14 bits per heavy atom. The molecule has 0 atom stereocenters. The Morgan fingerprint density at radius 3 is 2.50 bits per heavy atom. The molecule has 0 bridgehead atoms. The van der Waals surface area contributed by atoms with E-state index in [4.69, 9.17) is 4.74 Å². The number of rotatable bonds is 2. The van der Waals surface area contributed by atoms with E-state index in [0.717, 1.165) is 5.39 Å². The normalized spacial score (nSPS) is 11.1. The Hall–Kier alpha value is -2.63. The second-order valence-corrected chi connectivity index (χ2v) is 5.72. The van der Waals surface area contributed by atoms with E-state index in [2.05, 4.69) is 15.0 Å². The van der Waals surface area contributed by atoms with Gasteiger partial charge in [0.1, 0.15) is 11.4 Å². The van der Waals surface area contributed by atoms with Crippen molar-refractivity contribution < 1.29 is 19.1 Å². The number of hydrogen-bond acceptors (Lipinski definition) is 5. The van der Waals surface area contributed by atoms with Gasteiger partial charge in [-0.15, -0.1) is 0 Å². The first-order chi connectivity index (χ1) is 10.3. The molecule has 0 aliphatic heterocycles. The van der Waals surface area contributed by atoms with E-state index in [1.807, 2.05) is 0 Å². The minimum atomic E-state index is -0.573. The van der Waals surface area contributed by atoms with Gasteiger partial charge in [0.25, 0.3) is 0 Å². The molecule has 1 aromatic carbocycles. The topological polar surface area (TPSA) is 77.5 Å². The second kappa shape index (κ2) is 6.01. The van der Waals surface area contributed by atoms with Crippen LogP contribution in [0.25, 0.3) is 10.9 Å². The van der Waals surface area contributed by atoms with Crippen LogP contribution in [-0.2, 0) is 9.47 Å². The largest absolute Gasteiger partial charge is 0.465 e. The molecule has 0 saturated carbocycles. The number of esters is 1. The van der Waals surface area contributed by atoms with Crippen LogP contribution in [0, 0.1) is 0 Å². The Labute approximate surface area is 128 Å². The fourth-order valence-electron chi connectivity index (χ4n) is 1.85. The molecule has 0 spiro atoms. The quantitative estimate of drug-likeness (QED) is 0.861. The third-order valence-corrected chi connectivity index (χ3v) is 2.74. The molecule has 0 unspecified atom stereocenters.